The number of nitrogens with two attached hydrogens (primary N) is 2. The van der Waals surface area contributed by atoms with Crippen molar-refractivity contribution in [2.45, 2.75) is 38.1 Å². The van der Waals surface area contributed by atoms with Crippen molar-refractivity contribution in [2.75, 3.05) is 13.1 Å². The standard InChI is InChI=1S/C13H22N4/c14-8-1-2-10-17(15)12-7-3-5-11-6-4-9-16-13(11)12/h4,6,9,12H,1-3,5,7-8,10,14-15H2. The van der Waals surface area contributed by atoms with Crippen molar-refractivity contribution in [3.05, 3.63) is 29.6 Å². The van der Waals surface area contributed by atoms with E-state index >= 15 is 0 Å². The van der Waals surface area contributed by atoms with Gasteiger partial charge < -0.3 is 5.73 Å². The van der Waals surface area contributed by atoms with Crippen molar-refractivity contribution in [2.24, 2.45) is 11.6 Å². The number of hydrogen-bond donors (Lipinski definition) is 2. The summed E-state index contributed by atoms with van der Waals surface area (Å²) in [6.07, 6.45) is 7.42. The summed E-state index contributed by atoms with van der Waals surface area (Å²) < 4.78 is 0. The molecule has 0 fully saturated rings. The molecule has 1 aromatic rings. The van der Waals surface area contributed by atoms with Crippen LogP contribution in [0.1, 0.15) is 43.0 Å². The van der Waals surface area contributed by atoms with Crippen molar-refractivity contribution in [1.82, 2.24) is 9.99 Å². The van der Waals surface area contributed by atoms with Crippen LogP contribution in [0.15, 0.2) is 18.3 Å². The normalized spacial score (nSPS) is 19.4. The smallest absolute Gasteiger partial charge is 0.0665 e. The zero-order valence-electron chi connectivity index (χ0n) is 10.3. The Labute approximate surface area is 103 Å². The lowest BCUT2D eigenvalue weighted by atomic mass is 9.91. The number of aryl methyl sites for hydroxylation is 1. The van der Waals surface area contributed by atoms with Crippen LogP contribution in [0, 0.1) is 0 Å². The number of aromatic nitrogens is 1. The molecule has 94 valence electrons. The highest BCUT2D eigenvalue weighted by Gasteiger charge is 2.24. The quantitative estimate of drug-likeness (QED) is 0.459. The first-order valence-corrected chi connectivity index (χ1v) is 6.48. The Balaban J connectivity index is 2.02. The van der Waals surface area contributed by atoms with E-state index in [0.717, 1.165) is 38.8 Å². The van der Waals surface area contributed by atoms with Crippen LogP contribution in [0.2, 0.25) is 0 Å². The first-order chi connectivity index (χ1) is 8.33. The lowest BCUT2D eigenvalue weighted by Crippen LogP contribution is -2.38. The number of hydrogen-bond acceptors (Lipinski definition) is 4. The Morgan fingerprint density at radius 3 is 3.12 bits per heavy atom. The van der Waals surface area contributed by atoms with Crippen LogP contribution in [0.25, 0.3) is 0 Å². The highest BCUT2D eigenvalue weighted by atomic mass is 15.4. The number of rotatable bonds is 5. The zero-order valence-corrected chi connectivity index (χ0v) is 10.3. The van der Waals surface area contributed by atoms with Gasteiger partial charge in [-0.1, -0.05) is 6.07 Å². The fourth-order valence-electron chi connectivity index (χ4n) is 2.50. The van der Waals surface area contributed by atoms with Gasteiger partial charge in [0.05, 0.1) is 11.7 Å². The van der Waals surface area contributed by atoms with Crippen LogP contribution in [-0.2, 0) is 6.42 Å². The fourth-order valence-corrected chi connectivity index (χ4v) is 2.50. The van der Waals surface area contributed by atoms with Gasteiger partial charge in [0.15, 0.2) is 0 Å². The van der Waals surface area contributed by atoms with Gasteiger partial charge in [-0.05, 0) is 50.3 Å². The number of nitrogens with zero attached hydrogens (tertiary/aromatic N) is 2. The van der Waals surface area contributed by atoms with Gasteiger partial charge in [0.2, 0.25) is 0 Å². The van der Waals surface area contributed by atoms with Gasteiger partial charge in [-0.15, -0.1) is 0 Å². The summed E-state index contributed by atoms with van der Waals surface area (Å²) in [6.45, 7) is 1.64. The second-order valence-corrected chi connectivity index (χ2v) is 4.69. The van der Waals surface area contributed by atoms with Crippen LogP contribution in [0.4, 0.5) is 0 Å². The molecule has 0 spiro atoms. The third-order valence-corrected chi connectivity index (χ3v) is 3.44. The second-order valence-electron chi connectivity index (χ2n) is 4.69. The predicted octanol–water partition coefficient (Wildman–Crippen LogP) is 1.37. The molecular formula is C13H22N4. The molecule has 4 N–H and O–H groups in total. The Hall–Kier alpha value is -0.970. The van der Waals surface area contributed by atoms with E-state index in [0.29, 0.717) is 0 Å². The molecule has 0 radical (unpaired) electrons. The molecule has 0 amide bonds. The summed E-state index contributed by atoms with van der Waals surface area (Å²) in [7, 11) is 0. The minimum atomic E-state index is 0.290. The molecule has 0 saturated carbocycles. The third kappa shape index (κ3) is 3.03. The van der Waals surface area contributed by atoms with Crippen LogP contribution in [0.3, 0.4) is 0 Å². The molecule has 1 atom stereocenters. The maximum absolute atomic E-state index is 6.16. The van der Waals surface area contributed by atoms with Crippen molar-refractivity contribution in [3.63, 3.8) is 0 Å². The highest BCUT2D eigenvalue weighted by Crippen LogP contribution is 2.30. The molecule has 4 heteroatoms. The maximum Gasteiger partial charge on any atom is 0.0665 e. The van der Waals surface area contributed by atoms with Crippen molar-refractivity contribution in [3.8, 4) is 0 Å². The van der Waals surface area contributed by atoms with Gasteiger partial charge in [-0.25, -0.2) is 5.01 Å². The summed E-state index contributed by atoms with van der Waals surface area (Å²) in [5.74, 6) is 6.16. The van der Waals surface area contributed by atoms with Crippen LogP contribution in [0.5, 0.6) is 0 Å². The lowest BCUT2D eigenvalue weighted by Gasteiger charge is -2.31. The topological polar surface area (TPSA) is 68.2 Å². The highest BCUT2D eigenvalue weighted by molar-refractivity contribution is 5.25. The predicted molar refractivity (Wildman–Crippen MR) is 69.1 cm³/mol. The molecule has 1 unspecified atom stereocenters. The fraction of sp³-hybridized carbons (Fsp3) is 0.615. The number of fused-ring (bicyclic) bond motifs is 1. The molecule has 0 aromatic carbocycles. The van der Waals surface area contributed by atoms with E-state index < -0.39 is 0 Å². The van der Waals surface area contributed by atoms with Crippen molar-refractivity contribution >= 4 is 0 Å². The molecule has 1 aliphatic carbocycles. The minimum absolute atomic E-state index is 0.290. The Morgan fingerprint density at radius 1 is 1.41 bits per heavy atom. The summed E-state index contributed by atoms with van der Waals surface area (Å²) in [4.78, 5) is 4.50. The third-order valence-electron chi connectivity index (χ3n) is 3.44. The van der Waals surface area contributed by atoms with E-state index in [1.54, 1.807) is 0 Å². The SMILES string of the molecule is NCCCCN(N)C1CCCc2cccnc21. The molecule has 2 rings (SSSR count). The lowest BCUT2D eigenvalue weighted by molar-refractivity contribution is 0.175. The summed E-state index contributed by atoms with van der Waals surface area (Å²) >= 11 is 0. The van der Waals surface area contributed by atoms with E-state index in [9.17, 15) is 0 Å². The van der Waals surface area contributed by atoms with Gasteiger partial charge in [0.25, 0.3) is 0 Å². The van der Waals surface area contributed by atoms with E-state index in [1.165, 1.54) is 17.7 Å². The summed E-state index contributed by atoms with van der Waals surface area (Å²) in [6, 6.07) is 4.47. The Bertz CT molecular complexity index is 353. The van der Waals surface area contributed by atoms with Gasteiger partial charge in [-0.2, -0.15) is 0 Å². The molecule has 4 nitrogen and oxygen atoms in total. The van der Waals surface area contributed by atoms with E-state index in [1.807, 2.05) is 17.3 Å². The second kappa shape index (κ2) is 6.10. The monoisotopic (exact) mass is 234 g/mol. The maximum atomic E-state index is 6.16. The minimum Gasteiger partial charge on any atom is -0.330 e. The van der Waals surface area contributed by atoms with Gasteiger partial charge >= 0.3 is 0 Å². The van der Waals surface area contributed by atoms with Gasteiger partial charge in [0, 0.05) is 12.7 Å². The van der Waals surface area contributed by atoms with E-state index in [4.69, 9.17) is 11.6 Å². The molecule has 1 heterocycles. The zero-order chi connectivity index (χ0) is 12.1. The van der Waals surface area contributed by atoms with Gasteiger partial charge in [-0.3, -0.25) is 10.8 Å². The molecule has 0 saturated heterocycles. The average molecular weight is 234 g/mol. The molecule has 17 heavy (non-hydrogen) atoms. The van der Waals surface area contributed by atoms with Crippen LogP contribution >= 0.6 is 0 Å². The first kappa shape index (κ1) is 12.5. The van der Waals surface area contributed by atoms with Crippen LogP contribution < -0.4 is 11.6 Å². The molecule has 0 aliphatic heterocycles. The molecular weight excluding hydrogens is 212 g/mol. The Morgan fingerprint density at radius 2 is 2.29 bits per heavy atom. The van der Waals surface area contributed by atoms with E-state index in [-0.39, 0.29) is 6.04 Å². The van der Waals surface area contributed by atoms with E-state index in [2.05, 4.69) is 11.1 Å². The number of pyridine rings is 1. The molecule has 0 bridgehead atoms. The first-order valence-electron chi connectivity index (χ1n) is 6.48. The average Bonchev–Trinajstić information content (AvgIpc) is 2.38. The van der Waals surface area contributed by atoms with Gasteiger partial charge in [0.1, 0.15) is 0 Å². The largest absolute Gasteiger partial charge is 0.330 e. The number of unbranched alkanes of at least 4 members (excludes halogenated alkanes) is 1. The summed E-state index contributed by atoms with van der Waals surface area (Å²) in [5.41, 5.74) is 8.03. The number of hydrazine groups is 1. The van der Waals surface area contributed by atoms with Crippen LogP contribution in [-0.4, -0.2) is 23.1 Å². The Kier molecular flexibility index (Phi) is 4.48. The molecule has 1 aromatic heterocycles. The molecule has 1 aliphatic rings. The van der Waals surface area contributed by atoms with Crippen molar-refractivity contribution < 1.29 is 0 Å². The summed E-state index contributed by atoms with van der Waals surface area (Å²) in [5, 5.41) is 1.95. The van der Waals surface area contributed by atoms with Crippen molar-refractivity contribution in [1.29, 1.82) is 0 Å².